The molecule has 5 heteroatoms. The first-order chi connectivity index (χ1) is 10.2. The van der Waals surface area contributed by atoms with Crippen LogP contribution in [0.15, 0.2) is 28.8 Å². The highest BCUT2D eigenvalue weighted by Crippen LogP contribution is 2.32. The van der Waals surface area contributed by atoms with Crippen molar-refractivity contribution in [2.45, 2.75) is 32.4 Å². The van der Waals surface area contributed by atoms with Gasteiger partial charge in [0.1, 0.15) is 5.76 Å². The zero-order chi connectivity index (χ0) is 14.8. The fourth-order valence-electron chi connectivity index (χ4n) is 3.04. The van der Waals surface area contributed by atoms with Crippen molar-refractivity contribution >= 4 is 5.97 Å². The molecule has 112 valence electrons. The number of hydrogen-bond donors (Lipinski definition) is 1. The lowest BCUT2D eigenvalue weighted by Crippen LogP contribution is -2.22. The lowest BCUT2D eigenvalue weighted by atomic mass is 10.1. The number of nitrogens with zero attached hydrogens (tertiary/aromatic N) is 1. The lowest BCUT2D eigenvalue weighted by molar-refractivity contribution is 0.0559. The van der Waals surface area contributed by atoms with Gasteiger partial charge in [-0.15, -0.1) is 0 Å². The second-order valence-corrected chi connectivity index (χ2v) is 5.47. The summed E-state index contributed by atoms with van der Waals surface area (Å²) in [5, 5.41) is 0. The van der Waals surface area contributed by atoms with E-state index in [1.807, 2.05) is 25.3 Å². The van der Waals surface area contributed by atoms with Gasteiger partial charge >= 0.3 is 5.97 Å². The van der Waals surface area contributed by atoms with Gasteiger partial charge in [-0.05, 0) is 44.5 Å². The van der Waals surface area contributed by atoms with E-state index in [2.05, 4.69) is 16.0 Å². The van der Waals surface area contributed by atoms with Gasteiger partial charge in [0.05, 0.1) is 19.7 Å². The molecule has 2 aromatic heterocycles. The molecule has 0 amide bonds. The molecule has 0 aliphatic carbocycles. The van der Waals surface area contributed by atoms with Crippen LogP contribution in [0.1, 0.15) is 46.5 Å². The Morgan fingerprint density at radius 2 is 2.43 bits per heavy atom. The van der Waals surface area contributed by atoms with Crippen molar-refractivity contribution < 1.29 is 13.9 Å². The van der Waals surface area contributed by atoms with Crippen molar-refractivity contribution in [1.29, 1.82) is 0 Å². The van der Waals surface area contributed by atoms with Crippen LogP contribution in [-0.2, 0) is 11.3 Å². The quantitative estimate of drug-likeness (QED) is 0.879. The number of methoxy groups -OCH3 is 1. The summed E-state index contributed by atoms with van der Waals surface area (Å²) in [6.45, 7) is 3.62. The number of nitrogens with one attached hydrogen (secondary N) is 1. The topological polar surface area (TPSA) is 58.5 Å². The number of aryl methyl sites for hydroxylation is 1. The van der Waals surface area contributed by atoms with Gasteiger partial charge in [0.25, 0.3) is 0 Å². The summed E-state index contributed by atoms with van der Waals surface area (Å²) in [4.78, 5) is 17.3. The summed E-state index contributed by atoms with van der Waals surface area (Å²) in [7, 11) is 1.37. The number of H-pyrrole nitrogens is 1. The molecule has 1 fully saturated rings. The van der Waals surface area contributed by atoms with Crippen LogP contribution in [0.25, 0.3) is 0 Å². The van der Waals surface area contributed by atoms with Crippen LogP contribution in [-0.4, -0.2) is 29.5 Å². The summed E-state index contributed by atoms with van der Waals surface area (Å²) in [6.07, 6.45) is 4.27. The number of carbonyl (C=O) groups is 1. The highest BCUT2D eigenvalue weighted by atomic mass is 16.5. The Morgan fingerprint density at radius 3 is 3.14 bits per heavy atom. The number of aromatic nitrogens is 1. The number of aromatic amines is 1. The van der Waals surface area contributed by atoms with Crippen molar-refractivity contribution in [3.8, 4) is 0 Å². The number of rotatable bonds is 4. The Kier molecular flexibility index (Phi) is 3.84. The van der Waals surface area contributed by atoms with E-state index in [1.165, 1.54) is 19.2 Å². The van der Waals surface area contributed by atoms with Crippen molar-refractivity contribution in [3.63, 3.8) is 0 Å². The number of carbonyl (C=O) groups excluding carboxylic acids is 1. The molecule has 0 radical (unpaired) electrons. The third-order valence-electron chi connectivity index (χ3n) is 4.04. The van der Waals surface area contributed by atoms with Gasteiger partial charge in [-0.1, -0.05) is 0 Å². The molecule has 0 bridgehead atoms. The lowest BCUT2D eigenvalue weighted by Gasteiger charge is -2.22. The zero-order valence-electron chi connectivity index (χ0n) is 12.4. The van der Waals surface area contributed by atoms with Gasteiger partial charge in [-0.25, -0.2) is 4.79 Å². The number of hydrogen-bond acceptors (Lipinski definition) is 4. The SMILES string of the molecule is COC(=O)c1oc(CN2CCC[C@@H]2c2ccc[nH]2)cc1C. The predicted molar refractivity (Wildman–Crippen MR) is 78.0 cm³/mol. The molecule has 2 aromatic rings. The van der Waals surface area contributed by atoms with E-state index in [1.54, 1.807) is 0 Å². The molecule has 1 saturated heterocycles. The number of likely N-dealkylation sites (tertiary alicyclic amines) is 1. The molecular formula is C16H20N2O3. The number of esters is 1. The summed E-state index contributed by atoms with van der Waals surface area (Å²) in [6, 6.07) is 6.47. The summed E-state index contributed by atoms with van der Waals surface area (Å²) >= 11 is 0. The van der Waals surface area contributed by atoms with Crippen molar-refractivity contribution in [2.75, 3.05) is 13.7 Å². The summed E-state index contributed by atoms with van der Waals surface area (Å²) in [5.74, 6) is 0.704. The van der Waals surface area contributed by atoms with E-state index in [-0.39, 0.29) is 0 Å². The molecule has 0 saturated carbocycles. The molecule has 1 aliphatic rings. The van der Waals surface area contributed by atoms with Crippen LogP contribution in [0, 0.1) is 6.92 Å². The molecule has 1 N–H and O–H groups in total. The normalized spacial score (nSPS) is 19.0. The van der Waals surface area contributed by atoms with Crippen molar-refractivity contribution in [2.24, 2.45) is 0 Å². The molecule has 0 unspecified atom stereocenters. The second kappa shape index (κ2) is 5.77. The summed E-state index contributed by atoms with van der Waals surface area (Å²) < 4.78 is 10.4. The van der Waals surface area contributed by atoms with Crippen LogP contribution in [0.3, 0.4) is 0 Å². The Hall–Kier alpha value is -2.01. The first-order valence-corrected chi connectivity index (χ1v) is 7.24. The van der Waals surface area contributed by atoms with Crippen molar-refractivity contribution in [3.05, 3.63) is 47.2 Å². The fraction of sp³-hybridized carbons (Fsp3) is 0.438. The first kappa shape index (κ1) is 13.9. The van der Waals surface area contributed by atoms with Crippen LogP contribution < -0.4 is 0 Å². The zero-order valence-corrected chi connectivity index (χ0v) is 12.4. The van der Waals surface area contributed by atoms with Gasteiger partial charge in [-0.3, -0.25) is 4.90 Å². The van der Waals surface area contributed by atoms with Gasteiger partial charge in [0, 0.05) is 17.5 Å². The monoisotopic (exact) mass is 288 g/mol. The third-order valence-corrected chi connectivity index (χ3v) is 4.04. The highest BCUT2D eigenvalue weighted by Gasteiger charge is 2.28. The molecule has 5 nitrogen and oxygen atoms in total. The Bertz CT molecular complexity index is 616. The summed E-state index contributed by atoms with van der Waals surface area (Å²) in [5.41, 5.74) is 2.07. The van der Waals surface area contributed by atoms with E-state index in [9.17, 15) is 4.79 Å². The van der Waals surface area contributed by atoms with Gasteiger partial charge < -0.3 is 14.1 Å². The van der Waals surface area contributed by atoms with E-state index in [4.69, 9.17) is 9.15 Å². The predicted octanol–water partition coefficient (Wildman–Crippen LogP) is 3.04. The number of furan rings is 1. The van der Waals surface area contributed by atoms with Crippen LogP contribution >= 0.6 is 0 Å². The van der Waals surface area contributed by atoms with Gasteiger partial charge in [0.2, 0.25) is 5.76 Å². The standard InChI is InChI=1S/C16H20N2O3/c1-11-9-12(21-15(11)16(19)20-2)10-18-8-4-6-14(18)13-5-3-7-17-13/h3,5,7,9,14,17H,4,6,8,10H2,1-2H3/t14-/m1/s1. The first-order valence-electron chi connectivity index (χ1n) is 7.24. The van der Waals surface area contributed by atoms with Crippen molar-refractivity contribution in [1.82, 2.24) is 9.88 Å². The molecule has 3 heterocycles. The molecule has 3 rings (SSSR count). The molecular weight excluding hydrogens is 268 g/mol. The number of ether oxygens (including phenoxy) is 1. The molecule has 21 heavy (non-hydrogen) atoms. The Morgan fingerprint density at radius 1 is 1.57 bits per heavy atom. The molecule has 1 atom stereocenters. The largest absolute Gasteiger partial charge is 0.463 e. The van der Waals surface area contributed by atoms with E-state index in [0.717, 1.165) is 24.3 Å². The fourth-order valence-corrected chi connectivity index (χ4v) is 3.04. The maximum Gasteiger partial charge on any atom is 0.374 e. The van der Waals surface area contributed by atoms with E-state index in [0.29, 0.717) is 18.3 Å². The molecule has 0 aromatic carbocycles. The van der Waals surface area contributed by atoms with Gasteiger partial charge in [-0.2, -0.15) is 0 Å². The third kappa shape index (κ3) is 2.74. The van der Waals surface area contributed by atoms with Crippen LogP contribution in [0.2, 0.25) is 0 Å². The average molecular weight is 288 g/mol. The minimum absolute atomic E-state index is 0.308. The Labute approximate surface area is 123 Å². The second-order valence-electron chi connectivity index (χ2n) is 5.47. The minimum atomic E-state index is -0.416. The molecule has 0 spiro atoms. The minimum Gasteiger partial charge on any atom is -0.463 e. The maximum atomic E-state index is 11.6. The van der Waals surface area contributed by atoms with Gasteiger partial charge in [0.15, 0.2) is 0 Å². The smallest absolute Gasteiger partial charge is 0.374 e. The maximum absolute atomic E-state index is 11.6. The highest BCUT2D eigenvalue weighted by molar-refractivity contribution is 5.87. The average Bonchev–Trinajstić information content (AvgIpc) is 3.18. The van der Waals surface area contributed by atoms with E-state index < -0.39 is 5.97 Å². The Balaban J connectivity index is 1.75. The molecule has 1 aliphatic heterocycles. The van der Waals surface area contributed by atoms with E-state index >= 15 is 0 Å². The van der Waals surface area contributed by atoms with Crippen LogP contribution in [0.4, 0.5) is 0 Å². The van der Waals surface area contributed by atoms with Crippen LogP contribution in [0.5, 0.6) is 0 Å².